The van der Waals surface area contributed by atoms with Gasteiger partial charge in [0.05, 0.1) is 6.61 Å². The van der Waals surface area contributed by atoms with E-state index in [1.54, 1.807) is 0 Å². The monoisotopic (exact) mass is 1000 g/mol. The van der Waals surface area contributed by atoms with E-state index in [0.29, 0.717) is 19.3 Å². The molecule has 0 aromatic carbocycles. The van der Waals surface area contributed by atoms with E-state index in [1.165, 1.54) is 89.9 Å². The van der Waals surface area contributed by atoms with Crippen LogP contribution in [0.25, 0.3) is 0 Å². The Kier molecular flexibility index (Phi) is 44.5. The predicted octanol–water partition coefficient (Wildman–Crippen LogP) is 14.5. The van der Waals surface area contributed by atoms with Crippen LogP contribution >= 0.6 is 0 Å². The summed E-state index contributed by atoms with van der Waals surface area (Å²) in [5.74, 6) is -3.14. The summed E-state index contributed by atoms with van der Waals surface area (Å²) in [6.07, 6.45) is 42.6. The molecule has 0 saturated carbocycles. The van der Waals surface area contributed by atoms with Crippen LogP contribution in [0.5, 0.6) is 0 Å². The summed E-state index contributed by atoms with van der Waals surface area (Å²) >= 11 is 0. The molecule has 1 saturated heterocycles. The van der Waals surface area contributed by atoms with Gasteiger partial charge in [0.25, 0.3) is 0 Å². The van der Waals surface area contributed by atoms with Gasteiger partial charge in [-0.15, -0.1) is 0 Å². The Labute approximate surface area is 431 Å². The SMILES string of the molecule is CCCC/C=C\CCCCCCCC(=O)OC1C(OCC(COC(=O)CCCCCCC/C=C\CCCCCCCC)OC(=O)CCCCCCC/C=C\CCCCCCCC)OC(C(=O)O)C(O)C1O. The van der Waals surface area contributed by atoms with Crippen molar-refractivity contribution in [3.05, 3.63) is 36.5 Å². The van der Waals surface area contributed by atoms with Crippen LogP contribution in [-0.2, 0) is 42.9 Å². The molecular weight excluding hydrogens is 901 g/mol. The molecule has 3 N–H and O–H groups in total. The second-order valence-corrected chi connectivity index (χ2v) is 19.9. The summed E-state index contributed by atoms with van der Waals surface area (Å²) in [6, 6.07) is 0. The molecule has 0 radical (unpaired) electrons. The van der Waals surface area contributed by atoms with Gasteiger partial charge in [0.2, 0.25) is 0 Å². The Morgan fingerprint density at radius 2 is 0.817 bits per heavy atom. The molecule has 0 aromatic heterocycles. The molecule has 412 valence electrons. The number of carboxylic acid groups (broad SMARTS) is 1. The number of carboxylic acids is 1. The van der Waals surface area contributed by atoms with Crippen LogP contribution in [0.3, 0.4) is 0 Å². The lowest BCUT2D eigenvalue weighted by molar-refractivity contribution is -0.301. The minimum Gasteiger partial charge on any atom is -0.479 e. The summed E-state index contributed by atoms with van der Waals surface area (Å²) in [5.41, 5.74) is 0. The number of aliphatic carboxylic acids is 1. The largest absolute Gasteiger partial charge is 0.479 e. The number of hydrogen-bond acceptors (Lipinski definition) is 11. The molecule has 71 heavy (non-hydrogen) atoms. The van der Waals surface area contributed by atoms with E-state index in [4.69, 9.17) is 23.7 Å². The first kappa shape index (κ1) is 66.0. The lowest BCUT2D eigenvalue weighted by Crippen LogP contribution is -2.61. The molecule has 0 aromatic rings. The van der Waals surface area contributed by atoms with E-state index < -0.39 is 67.3 Å². The topological polar surface area (TPSA) is 175 Å². The van der Waals surface area contributed by atoms with Gasteiger partial charge in [0.1, 0.15) is 18.8 Å². The normalized spacial score (nSPS) is 18.7. The van der Waals surface area contributed by atoms with Gasteiger partial charge in [-0.1, -0.05) is 192 Å². The smallest absolute Gasteiger partial charge is 0.335 e. The maximum atomic E-state index is 13.1. The Bertz CT molecular complexity index is 1380. The molecular formula is C59H104O12. The van der Waals surface area contributed by atoms with Crippen LogP contribution in [0, 0.1) is 0 Å². The van der Waals surface area contributed by atoms with Crippen LogP contribution in [0.4, 0.5) is 0 Å². The number of aliphatic hydroxyl groups excluding tert-OH is 2. The van der Waals surface area contributed by atoms with E-state index in [-0.39, 0.29) is 25.9 Å². The molecule has 1 fully saturated rings. The van der Waals surface area contributed by atoms with E-state index >= 15 is 0 Å². The van der Waals surface area contributed by atoms with Gasteiger partial charge in [0, 0.05) is 19.3 Å². The van der Waals surface area contributed by atoms with E-state index in [1.807, 2.05) is 0 Å². The fourth-order valence-corrected chi connectivity index (χ4v) is 8.63. The highest BCUT2D eigenvalue weighted by atomic mass is 16.7. The fraction of sp³-hybridized carbons (Fsp3) is 0.831. The number of esters is 3. The third-order valence-electron chi connectivity index (χ3n) is 13.2. The summed E-state index contributed by atoms with van der Waals surface area (Å²) in [7, 11) is 0. The average molecular weight is 1010 g/mol. The highest BCUT2D eigenvalue weighted by Crippen LogP contribution is 2.26. The number of ether oxygens (including phenoxy) is 5. The predicted molar refractivity (Wildman–Crippen MR) is 285 cm³/mol. The summed E-state index contributed by atoms with van der Waals surface area (Å²) < 4.78 is 28.4. The van der Waals surface area contributed by atoms with Gasteiger partial charge in [0.15, 0.2) is 24.6 Å². The number of hydrogen-bond donors (Lipinski definition) is 3. The Morgan fingerprint density at radius 1 is 0.451 bits per heavy atom. The zero-order valence-electron chi connectivity index (χ0n) is 45.2. The van der Waals surface area contributed by atoms with Crippen LogP contribution in [-0.4, -0.2) is 89.2 Å². The minimum absolute atomic E-state index is 0.0502. The van der Waals surface area contributed by atoms with Crippen LogP contribution in [0.15, 0.2) is 36.5 Å². The number of unbranched alkanes of at least 4 members (excludes halogenated alkanes) is 29. The van der Waals surface area contributed by atoms with Crippen LogP contribution in [0.2, 0.25) is 0 Å². The number of aliphatic hydroxyl groups is 2. The lowest BCUT2D eigenvalue weighted by atomic mass is 9.98. The number of carbonyl (C=O) groups is 4. The number of carbonyl (C=O) groups excluding carboxylic acids is 3. The molecule has 1 heterocycles. The zero-order valence-corrected chi connectivity index (χ0v) is 45.2. The third-order valence-corrected chi connectivity index (χ3v) is 13.2. The molecule has 1 rings (SSSR count). The molecule has 12 nitrogen and oxygen atoms in total. The first-order valence-electron chi connectivity index (χ1n) is 29.0. The van der Waals surface area contributed by atoms with E-state index in [9.17, 15) is 34.5 Å². The molecule has 12 heteroatoms. The quantitative estimate of drug-likeness (QED) is 0.0228. The second-order valence-electron chi connectivity index (χ2n) is 19.9. The average Bonchev–Trinajstić information content (AvgIpc) is 3.35. The van der Waals surface area contributed by atoms with Crippen molar-refractivity contribution in [2.45, 2.75) is 302 Å². The molecule has 0 aliphatic carbocycles. The first-order valence-corrected chi connectivity index (χ1v) is 29.0. The summed E-state index contributed by atoms with van der Waals surface area (Å²) in [4.78, 5) is 51.0. The Morgan fingerprint density at radius 3 is 1.24 bits per heavy atom. The highest BCUT2D eigenvalue weighted by molar-refractivity contribution is 5.74. The van der Waals surface area contributed by atoms with Crippen molar-refractivity contribution in [3.8, 4) is 0 Å². The van der Waals surface area contributed by atoms with Crippen molar-refractivity contribution in [2.75, 3.05) is 13.2 Å². The molecule has 6 atom stereocenters. The van der Waals surface area contributed by atoms with E-state index in [2.05, 4.69) is 57.2 Å². The van der Waals surface area contributed by atoms with Gasteiger partial charge in [-0.05, 0) is 89.9 Å². The maximum absolute atomic E-state index is 13.1. The first-order chi connectivity index (χ1) is 34.6. The van der Waals surface area contributed by atoms with Crippen molar-refractivity contribution in [1.82, 2.24) is 0 Å². The summed E-state index contributed by atoms with van der Waals surface area (Å²) in [5, 5.41) is 31.4. The molecule has 6 unspecified atom stereocenters. The molecule has 0 bridgehead atoms. The van der Waals surface area contributed by atoms with Gasteiger partial charge >= 0.3 is 23.9 Å². The molecule has 1 aliphatic rings. The molecule has 0 spiro atoms. The zero-order chi connectivity index (χ0) is 51.8. The van der Waals surface area contributed by atoms with Gasteiger partial charge in [-0.25, -0.2) is 4.79 Å². The molecule has 0 amide bonds. The van der Waals surface area contributed by atoms with Crippen molar-refractivity contribution >= 4 is 23.9 Å². The van der Waals surface area contributed by atoms with Crippen molar-refractivity contribution < 1.29 is 58.2 Å². The van der Waals surface area contributed by atoms with Gasteiger partial charge in [-0.2, -0.15) is 0 Å². The van der Waals surface area contributed by atoms with E-state index in [0.717, 1.165) is 116 Å². The Hall–Kier alpha value is -3.06. The fourth-order valence-electron chi connectivity index (χ4n) is 8.63. The lowest BCUT2D eigenvalue weighted by Gasteiger charge is -2.40. The standard InChI is InChI=1S/C59H104O12/c1-4-7-10-13-16-19-22-24-26-28-31-33-36-39-42-45-51(60)67-48-50(69-52(61)46-43-40-37-35-32-29-27-25-23-20-17-14-11-8-5-2)49-68-59-57(55(64)54(63)56(71-59)58(65)66)70-53(62)47-44-41-38-34-30-21-18-15-12-9-6-3/h15,18,24-27,50,54-57,59,63-64H,4-14,16-17,19-23,28-49H2,1-3H3,(H,65,66)/b18-15-,26-24-,27-25-. The van der Waals surface area contributed by atoms with Crippen molar-refractivity contribution in [3.63, 3.8) is 0 Å². The summed E-state index contributed by atoms with van der Waals surface area (Å²) in [6.45, 7) is 5.93. The maximum Gasteiger partial charge on any atom is 0.335 e. The van der Waals surface area contributed by atoms with Gasteiger partial charge in [-0.3, -0.25) is 14.4 Å². The van der Waals surface area contributed by atoms with Gasteiger partial charge < -0.3 is 39.0 Å². The van der Waals surface area contributed by atoms with Crippen molar-refractivity contribution in [1.29, 1.82) is 0 Å². The number of allylic oxidation sites excluding steroid dienone is 6. The van der Waals surface area contributed by atoms with Crippen LogP contribution in [0.1, 0.15) is 265 Å². The molecule has 1 aliphatic heterocycles. The third kappa shape index (κ3) is 38.2. The number of rotatable bonds is 49. The van der Waals surface area contributed by atoms with Crippen LogP contribution < -0.4 is 0 Å². The second kappa shape index (κ2) is 47.9. The minimum atomic E-state index is -1.90. The Balaban J connectivity index is 2.71. The van der Waals surface area contributed by atoms with Crippen molar-refractivity contribution in [2.24, 2.45) is 0 Å². The highest BCUT2D eigenvalue weighted by Gasteiger charge is 2.50.